The smallest absolute Gasteiger partial charge is 0.253 e. The summed E-state index contributed by atoms with van der Waals surface area (Å²) in [6.07, 6.45) is 4.89. The number of β-lactam (4-membered cyclic amide) rings is 1. The number of thioether (sulfide) groups is 1. The van der Waals surface area contributed by atoms with Crippen LogP contribution in [0.15, 0.2) is 24.9 Å². The number of fused-ring (bicyclic) bond motifs is 1. The van der Waals surface area contributed by atoms with Gasteiger partial charge in [-0.1, -0.05) is 12.7 Å². The Morgan fingerprint density at radius 3 is 3.29 bits per heavy atom. The van der Waals surface area contributed by atoms with Gasteiger partial charge in [0.2, 0.25) is 5.91 Å². The van der Waals surface area contributed by atoms with Crippen LogP contribution in [0, 0.1) is 0 Å². The van der Waals surface area contributed by atoms with Crippen molar-refractivity contribution in [2.75, 3.05) is 5.75 Å². The van der Waals surface area contributed by atoms with E-state index in [0.29, 0.717) is 0 Å². The molecule has 0 saturated carbocycles. The van der Waals surface area contributed by atoms with Gasteiger partial charge in [0.1, 0.15) is 11.4 Å². The largest absolute Gasteiger partial charge is 0.338 e. The second-order valence-corrected chi connectivity index (χ2v) is 4.19. The van der Waals surface area contributed by atoms with Crippen LogP contribution in [0.4, 0.5) is 0 Å². The fourth-order valence-corrected chi connectivity index (χ4v) is 2.58. The molecule has 2 rings (SSSR count). The van der Waals surface area contributed by atoms with Crippen LogP contribution in [0.1, 0.15) is 0 Å². The number of nitrogens with one attached hydrogen (secondary N) is 1. The Hall–Kier alpha value is -1.23. The molecular weight excluding hydrogens is 200 g/mol. The molecule has 0 aromatic heterocycles. The van der Waals surface area contributed by atoms with Gasteiger partial charge in [-0.2, -0.15) is 0 Å². The molecule has 0 spiro atoms. The molecule has 2 atom stereocenters. The minimum absolute atomic E-state index is 0.0475. The van der Waals surface area contributed by atoms with Gasteiger partial charge in [0.05, 0.1) is 0 Å². The molecule has 5 heteroatoms. The van der Waals surface area contributed by atoms with Crippen LogP contribution < -0.4 is 5.32 Å². The van der Waals surface area contributed by atoms with Crippen LogP contribution in [-0.2, 0) is 9.59 Å². The third kappa shape index (κ3) is 1.33. The fraction of sp³-hybridized carbons (Fsp3) is 0.333. The van der Waals surface area contributed by atoms with Crippen molar-refractivity contribution in [2.24, 2.45) is 0 Å². The van der Waals surface area contributed by atoms with Gasteiger partial charge in [-0.3, -0.25) is 9.59 Å². The topological polar surface area (TPSA) is 49.4 Å². The molecule has 14 heavy (non-hydrogen) atoms. The van der Waals surface area contributed by atoms with E-state index in [1.54, 1.807) is 22.9 Å². The number of hydrogen-bond acceptors (Lipinski definition) is 3. The van der Waals surface area contributed by atoms with Gasteiger partial charge in [-0.05, 0) is 6.08 Å². The summed E-state index contributed by atoms with van der Waals surface area (Å²) in [4.78, 5) is 24.1. The van der Waals surface area contributed by atoms with Crippen molar-refractivity contribution in [3.05, 3.63) is 24.9 Å². The lowest BCUT2D eigenvalue weighted by atomic mass is 10.1. The van der Waals surface area contributed by atoms with Crippen LogP contribution in [0.25, 0.3) is 0 Å². The van der Waals surface area contributed by atoms with Crippen molar-refractivity contribution in [1.82, 2.24) is 10.2 Å². The van der Waals surface area contributed by atoms with E-state index in [0.717, 1.165) is 5.75 Å². The number of amides is 2. The van der Waals surface area contributed by atoms with Gasteiger partial charge in [-0.15, -0.1) is 11.8 Å². The number of carbonyl (C=O) groups excluding carboxylic acids is 2. The van der Waals surface area contributed by atoms with Gasteiger partial charge < -0.3 is 10.2 Å². The average Bonchev–Trinajstić information content (AvgIpc) is 2.25. The lowest BCUT2D eigenvalue weighted by Gasteiger charge is -2.46. The van der Waals surface area contributed by atoms with Gasteiger partial charge in [0, 0.05) is 12.0 Å². The Balaban J connectivity index is 2.02. The Labute approximate surface area is 86.0 Å². The summed E-state index contributed by atoms with van der Waals surface area (Å²) in [5.74, 6) is 0.543. The summed E-state index contributed by atoms with van der Waals surface area (Å²) in [6, 6.07) is -0.379. The standard InChI is InChI=1S/C9H10N2O2S/c1-2-6(12)10-7-8(13)11-4-3-5-14-9(7)11/h2-4,7,9H,1,5H2,(H,10,12)/t7?,9-/m1/s1. The quantitative estimate of drug-likeness (QED) is 0.519. The minimum Gasteiger partial charge on any atom is -0.338 e. The summed E-state index contributed by atoms with van der Waals surface area (Å²) in [5, 5.41) is 2.68. The van der Waals surface area contributed by atoms with E-state index >= 15 is 0 Å². The van der Waals surface area contributed by atoms with E-state index in [2.05, 4.69) is 11.9 Å². The van der Waals surface area contributed by atoms with E-state index in [4.69, 9.17) is 0 Å². The summed E-state index contributed by atoms with van der Waals surface area (Å²) < 4.78 is 0. The first-order chi connectivity index (χ1) is 6.74. The normalized spacial score (nSPS) is 29.1. The second-order valence-electron chi connectivity index (χ2n) is 3.04. The van der Waals surface area contributed by atoms with Crippen LogP contribution >= 0.6 is 11.8 Å². The molecule has 74 valence electrons. The predicted octanol–water partition coefficient (Wildman–Crippen LogP) is 0.0860. The first-order valence-electron chi connectivity index (χ1n) is 4.27. The number of hydrogen-bond donors (Lipinski definition) is 1. The number of rotatable bonds is 2. The van der Waals surface area contributed by atoms with Crippen LogP contribution in [0.3, 0.4) is 0 Å². The maximum absolute atomic E-state index is 11.5. The third-order valence-corrected chi connectivity index (χ3v) is 3.42. The number of carbonyl (C=O) groups is 2. The molecule has 2 aliphatic rings. The second kappa shape index (κ2) is 3.49. The number of nitrogens with zero attached hydrogens (tertiary/aromatic N) is 1. The molecule has 0 aromatic rings. The molecule has 0 radical (unpaired) electrons. The molecule has 1 N–H and O–H groups in total. The first-order valence-corrected chi connectivity index (χ1v) is 5.32. The van der Waals surface area contributed by atoms with Crippen LogP contribution in [0.2, 0.25) is 0 Å². The highest BCUT2D eigenvalue weighted by atomic mass is 32.2. The van der Waals surface area contributed by atoms with Gasteiger partial charge in [-0.25, -0.2) is 0 Å². The maximum atomic E-state index is 11.5. The lowest BCUT2D eigenvalue weighted by Crippen LogP contribution is -2.68. The summed E-state index contributed by atoms with van der Waals surface area (Å²) >= 11 is 1.65. The van der Waals surface area contributed by atoms with Crippen molar-refractivity contribution in [3.8, 4) is 0 Å². The van der Waals surface area contributed by atoms with Crippen molar-refractivity contribution in [2.45, 2.75) is 11.4 Å². The molecule has 2 aliphatic heterocycles. The van der Waals surface area contributed by atoms with Crippen molar-refractivity contribution in [3.63, 3.8) is 0 Å². The Kier molecular flexibility index (Phi) is 2.33. The Morgan fingerprint density at radius 2 is 2.57 bits per heavy atom. The summed E-state index contributed by atoms with van der Waals surface area (Å²) in [5.41, 5.74) is 0. The van der Waals surface area contributed by atoms with Gasteiger partial charge in [0.15, 0.2) is 0 Å². The zero-order chi connectivity index (χ0) is 10.1. The summed E-state index contributed by atoms with van der Waals surface area (Å²) in [7, 11) is 0. The molecule has 1 fully saturated rings. The van der Waals surface area contributed by atoms with Gasteiger partial charge >= 0.3 is 0 Å². The van der Waals surface area contributed by atoms with E-state index in [1.807, 2.05) is 6.08 Å². The van der Waals surface area contributed by atoms with Crippen molar-refractivity contribution < 1.29 is 9.59 Å². The van der Waals surface area contributed by atoms with E-state index in [1.165, 1.54) is 6.08 Å². The predicted molar refractivity (Wildman–Crippen MR) is 54.4 cm³/mol. The lowest BCUT2D eigenvalue weighted by molar-refractivity contribution is -0.144. The maximum Gasteiger partial charge on any atom is 0.253 e. The molecule has 4 nitrogen and oxygen atoms in total. The molecule has 0 aliphatic carbocycles. The molecule has 1 unspecified atom stereocenters. The Bertz CT molecular complexity index is 327. The third-order valence-electron chi connectivity index (χ3n) is 2.19. The molecule has 0 aromatic carbocycles. The zero-order valence-electron chi connectivity index (χ0n) is 7.47. The zero-order valence-corrected chi connectivity index (χ0v) is 8.29. The van der Waals surface area contributed by atoms with E-state index in [9.17, 15) is 9.59 Å². The van der Waals surface area contributed by atoms with E-state index in [-0.39, 0.29) is 23.2 Å². The molecular formula is C9H10N2O2S. The van der Waals surface area contributed by atoms with Gasteiger partial charge in [0.25, 0.3) is 5.91 Å². The summed E-state index contributed by atoms with van der Waals surface area (Å²) in [6.45, 7) is 3.34. The first kappa shape index (κ1) is 9.33. The van der Waals surface area contributed by atoms with E-state index < -0.39 is 0 Å². The van der Waals surface area contributed by atoms with Crippen molar-refractivity contribution >= 4 is 23.6 Å². The Morgan fingerprint density at radius 1 is 1.79 bits per heavy atom. The highest BCUT2D eigenvalue weighted by Gasteiger charge is 2.48. The SMILES string of the molecule is C=CC(=O)NC1C(=O)N2C=CCS[C@H]12. The molecule has 0 bridgehead atoms. The average molecular weight is 210 g/mol. The monoisotopic (exact) mass is 210 g/mol. The fourth-order valence-electron chi connectivity index (χ4n) is 1.48. The molecule has 2 amide bonds. The minimum atomic E-state index is -0.379. The van der Waals surface area contributed by atoms with Crippen molar-refractivity contribution in [1.29, 1.82) is 0 Å². The highest BCUT2D eigenvalue weighted by molar-refractivity contribution is 8.00. The highest BCUT2D eigenvalue weighted by Crippen LogP contribution is 2.33. The van der Waals surface area contributed by atoms with Crippen LogP contribution in [-0.4, -0.2) is 33.9 Å². The van der Waals surface area contributed by atoms with Crippen LogP contribution in [0.5, 0.6) is 0 Å². The molecule has 2 heterocycles. The molecule has 1 saturated heterocycles.